The number of allylic oxidation sites excluding steroid dienone is 1. The molecule has 2 fully saturated rings. The summed E-state index contributed by atoms with van der Waals surface area (Å²) in [7, 11) is 0. The van der Waals surface area contributed by atoms with Crippen molar-refractivity contribution < 1.29 is 19.4 Å². The van der Waals surface area contributed by atoms with Crippen molar-refractivity contribution in [2.24, 2.45) is 17.8 Å². The summed E-state index contributed by atoms with van der Waals surface area (Å²) in [5, 5.41) is 12.4. The zero-order chi connectivity index (χ0) is 17.6. The first-order chi connectivity index (χ1) is 12.2. The molecule has 2 aliphatic carbocycles. The third-order valence-electron chi connectivity index (χ3n) is 6.07. The second kappa shape index (κ2) is 9.04. The molecule has 3 aliphatic rings. The minimum Gasteiger partial charge on any atom is -0.459 e. The number of carbonyl (C=O) groups is 1. The molecule has 1 amide bonds. The third-order valence-corrected chi connectivity index (χ3v) is 6.07. The molecular formula is C20H33NO4. The number of hydrogen-bond donors (Lipinski definition) is 2. The highest BCUT2D eigenvalue weighted by Gasteiger charge is 2.42. The van der Waals surface area contributed by atoms with E-state index in [2.05, 4.69) is 11.4 Å². The van der Waals surface area contributed by atoms with Gasteiger partial charge in [0, 0.05) is 25.2 Å². The van der Waals surface area contributed by atoms with Crippen LogP contribution in [0, 0.1) is 17.8 Å². The molecule has 1 heterocycles. The molecule has 0 aromatic carbocycles. The largest absolute Gasteiger partial charge is 0.459 e. The Balaban J connectivity index is 1.74. The minimum absolute atomic E-state index is 0.0819. The molecule has 1 aliphatic heterocycles. The predicted molar refractivity (Wildman–Crippen MR) is 95.6 cm³/mol. The SMILES string of the molecule is CCO[C@@H]1OC(C(=O)NC2CCCC2)=C[C@H](C2CCC2)[C@@H]1CCCO. The van der Waals surface area contributed by atoms with Gasteiger partial charge in [0.1, 0.15) is 0 Å². The van der Waals surface area contributed by atoms with Crippen LogP contribution < -0.4 is 5.32 Å². The standard InChI is InChI=1S/C20H33NO4/c1-2-24-20-16(11-6-12-22)17(14-7-5-8-14)13-18(25-20)19(23)21-15-9-3-4-10-15/h13-17,20,22H,2-12H2,1H3,(H,21,23)/t16-,17+,20+/m0/s1. The number of ether oxygens (including phenoxy) is 2. The lowest BCUT2D eigenvalue weighted by Gasteiger charge is -2.43. The van der Waals surface area contributed by atoms with E-state index in [9.17, 15) is 9.90 Å². The van der Waals surface area contributed by atoms with Gasteiger partial charge in [-0.3, -0.25) is 4.79 Å². The second-order valence-electron chi connectivity index (χ2n) is 7.73. The molecule has 25 heavy (non-hydrogen) atoms. The zero-order valence-electron chi connectivity index (χ0n) is 15.4. The van der Waals surface area contributed by atoms with Crippen molar-refractivity contribution in [3.63, 3.8) is 0 Å². The first-order valence-electron chi connectivity index (χ1n) is 10.1. The Labute approximate surface area is 151 Å². The molecule has 2 N–H and O–H groups in total. The van der Waals surface area contributed by atoms with Crippen molar-refractivity contribution in [3.8, 4) is 0 Å². The summed E-state index contributed by atoms with van der Waals surface area (Å²) in [6.07, 6.45) is 11.5. The highest BCUT2D eigenvalue weighted by atomic mass is 16.7. The van der Waals surface area contributed by atoms with Gasteiger partial charge in [0.05, 0.1) is 0 Å². The molecule has 0 unspecified atom stereocenters. The van der Waals surface area contributed by atoms with E-state index in [0.29, 0.717) is 24.2 Å². The smallest absolute Gasteiger partial charge is 0.286 e. The van der Waals surface area contributed by atoms with Gasteiger partial charge in [-0.2, -0.15) is 0 Å². The lowest BCUT2D eigenvalue weighted by atomic mass is 9.68. The summed E-state index contributed by atoms with van der Waals surface area (Å²) in [4.78, 5) is 12.7. The number of nitrogens with one attached hydrogen (secondary N) is 1. The molecule has 0 spiro atoms. The molecular weight excluding hydrogens is 318 g/mol. The van der Waals surface area contributed by atoms with Crippen LogP contribution >= 0.6 is 0 Å². The van der Waals surface area contributed by atoms with E-state index in [-0.39, 0.29) is 30.8 Å². The Morgan fingerprint density at radius 2 is 2.04 bits per heavy atom. The van der Waals surface area contributed by atoms with Crippen LogP contribution in [-0.2, 0) is 14.3 Å². The number of carbonyl (C=O) groups excluding carboxylic acids is 1. The number of rotatable bonds is 8. The molecule has 0 radical (unpaired) electrons. The van der Waals surface area contributed by atoms with E-state index in [1.807, 2.05) is 6.92 Å². The summed E-state index contributed by atoms with van der Waals surface area (Å²) in [6, 6.07) is 0.289. The lowest BCUT2D eigenvalue weighted by Crippen LogP contribution is -2.44. The van der Waals surface area contributed by atoms with Crippen LogP contribution in [0.3, 0.4) is 0 Å². The third kappa shape index (κ3) is 4.56. The quantitative estimate of drug-likeness (QED) is 0.705. The van der Waals surface area contributed by atoms with Gasteiger partial charge in [0.2, 0.25) is 6.29 Å². The van der Waals surface area contributed by atoms with Gasteiger partial charge >= 0.3 is 0 Å². The summed E-state index contributed by atoms with van der Waals surface area (Å²) in [6.45, 7) is 2.71. The van der Waals surface area contributed by atoms with E-state index in [0.717, 1.165) is 25.7 Å². The van der Waals surface area contributed by atoms with E-state index in [1.165, 1.54) is 32.1 Å². The van der Waals surface area contributed by atoms with Crippen LogP contribution in [0.1, 0.15) is 64.7 Å². The first kappa shape index (κ1) is 18.7. The highest BCUT2D eigenvalue weighted by Crippen LogP contribution is 2.44. The Kier molecular flexibility index (Phi) is 6.77. The molecule has 5 nitrogen and oxygen atoms in total. The maximum Gasteiger partial charge on any atom is 0.286 e. The van der Waals surface area contributed by atoms with Crippen LogP contribution in [0.4, 0.5) is 0 Å². The molecule has 3 rings (SSSR count). The van der Waals surface area contributed by atoms with Gasteiger partial charge in [-0.25, -0.2) is 0 Å². The van der Waals surface area contributed by atoms with Gasteiger partial charge < -0.3 is 19.9 Å². The van der Waals surface area contributed by atoms with Crippen molar-refractivity contribution >= 4 is 5.91 Å². The van der Waals surface area contributed by atoms with Crippen molar-refractivity contribution in [2.75, 3.05) is 13.2 Å². The molecule has 0 saturated heterocycles. The second-order valence-corrected chi connectivity index (χ2v) is 7.73. The number of amides is 1. The highest BCUT2D eigenvalue weighted by molar-refractivity contribution is 5.91. The Morgan fingerprint density at radius 3 is 2.64 bits per heavy atom. The lowest BCUT2D eigenvalue weighted by molar-refractivity contribution is -0.178. The van der Waals surface area contributed by atoms with Gasteiger partial charge in [-0.15, -0.1) is 0 Å². The average molecular weight is 351 g/mol. The van der Waals surface area contributed by atoms with Crippen LogP contribution in [0.15, 0.2) is 11.8 Å². The van der Waals surface area contributed by atoms with E-state index in [1.54, 1.807) is 0 Å². The average Bonchev–Trinajstić information content (AvgIpc) is 3.05. The van der Waals surface area contributed by atoms with Gasteiger partial charge in [0.25, 0.3) is 5.91 Å². The Bertz CT molecular complexity index is 468. The van der Waals surface area contributed by atoms with Crippen molar-refractivity contribution in [2.45, 2.75) is 77.0 Å². The molecule has 5 heteroatoms. The predicted octanol–water partition coefficient (Wildman–Crippen LogP) is 3.13. The Morgan fingerprint density at radius 1 is 1.28 bits per heavy atom. The summed E-state index contributed by atoms with van der Waals surface area (Å²) < 4.78 is 11.9. The fraction of sp³-hybridized carbons (Fsp3) is 0.850. The summed E-state index contributed by atoms with van der Waals surface area (Å²) in [5.74, 6) is 1.52. The fourth-order valence-corrected chi connectivity index (χ4v) is 4.48. The minimum atomic E-state index is -0.378. The molecule has 2 saturated carbocycles. The molecule has 0 aromatic rings. The summed E-state index contributed by atoms with van der Waals surface area (Å²) in [5.41, 5.74) is 0. The molecule has 3 atom stereocenters. The number of hydrogen-bond acceptors (Lipinski definition) is 4. The molecule has 0 aromatic heterocycles. The first-order valence-corrected chi connectivity index (χ1v) is 10.1. The van der Waals surface area contributed by atoms with E-state index < -0.39 is 0 Å². The van der Waals surface area contributed by atoms with Gasteiger partial charge in [0.15, 0.2) is 5.76 Å². The molecule has 142 valence electrons. The Hall–Kier alpha value is -1.07. The summed E-state index contributed by atoms with van der Waals surface area (Å²) >= 11 is 0. The van der Waals surface area contributed by atoms with Crippen molar-refractivity contribution in [3.05, 3.63) is 11.8 Å². The zero-order valence-corrected chi connectivity index (χ0v) is 15.4. The van der Waals surface area contributed by atoms with Gasteiger partial charge in [-0.1, -0.05) is 19.3 Å². The van der Waals surface area contributed by atoms with Crippen molar-refractivity contribution in [1.29, 1.82) is 0 Å². The van der Waals surface area contributed by atoms with Crippen LogP contribution in [0.25, 0.3) is 0 Å². The van der Waals surface area contributed by atoms with Crippen LogP contribution in [0.5, 0.6) is 0 Å². The van der Waals surface area contributed by atoms with Crippen molar-refractivity contribution in [1.82, 2.24) is 5.32 Å². The van der Waals surface area contributed by atoms with E-state index >= 15 is 0 Å². The fourth-order valence-electron chi connectivity index (χ4n) is 4.48. The monoisotopic (exact) mass is 351 g/mol. The number of aliphatic hydroxyl groups is 1. The van der Waals surface area contributed by atoms with Crippen LogP contribution in [0.2, 0.25) is 0 Å². The van der Waals surface area contributed by atoms with Gasteiger partial charge in [-0.05, 0) is 63.4 Å². The maximum atomic E-state index is 12.7. The van der Waals surface area contributed by atoms with E-state index in [4.69, 9.17) is 9.47 Å². The number of aliphatic hydroxyl groups excluding tert-OH is 1. The molecule has 0 bridgehead atoms. The maximum absolute atomic E-state index is 12.7. The normalized spacial score (nSPS) is 30.5. The van der Waals surface area contributed by atoms with Crippen LogP contribution in [-0.4, -0.2) is 36.6 Å². The topological polar surface area (TPSA) is 67.8 Å².